The highest BCUT2D eigenvalue weighted by atomic mass is 16.5. The van der Waals surface area contributed by atoms with Gasteiger partial charge >= 0.3 is 5.97 Å². The number of esters is 1. The molecule has 0 radical (unpaired) electrons. The van der Waals surface area contributed by atoms with Crippen LogP contribution in [0.4, 0.5) is 0 Å². The molecule has 1 aromatic carbocycles. The number of fused-ring (bicyclic) bond motifs is 1. The molecule has 0 saturated carbocycles. The van der Waals surface area contributed by atoms with Crippen LogP contribution in [0.25, 0.3) is 10.9 Å². The molecule has 2 atom stereocenters. The zero-order valence-corrected chi connectivity index (χ0v) is 21.1. The highest BCUT2D eigenvalue weighted by Gasteiger charge is 2.38. The molecule has 4 rings (SSSR count). The van der Waals surface area contributed by atoms with Gasteiger partial charge in [-0.1, -0.05) is 18.6 Å². The van der Waals surface area contributed by atoms with Gasteiger partial charge in [-0.15, -0.1) is 0 Å². The Morgan fingerprint density at radius 3 is 2.54 bits per heavy atom. The van der Waals surface area contributed by atoms with E-state index in [1.165, 1.54) is 5.69 Å². The Morgan fingerprint density at radius 1 is 1.06 bits per heavy atom. The van der Waals surface area contributed by atoms with Crippen LogP contribution in [-0.4, -0.2) is 76.8 Å². The topological polar surface area (TPSA) is 105 Å². The average Bonchev–Trinajstić information content (AvgIpc) is 3.46. The highest BCUT2D eigenvalue weighted by molar-refractivity contribution is 5.98. The van der Waals surface area contributed by atoms with Crippen LogP contribution < -0.4 is 5.73 Å². The van der Waals surface area contributed by atoms with E-state index in [1.807, 2.05) is 30.0 Å². The van der Waals surface area contributed by atoms with Crippen LogP contribution in [0.2, 0.25) is 0 Å². The number of amidine groups is 1. The number of piperidine rings is 1. The Balaban J connectivity index is 1.45. The maximum Gasteiger partial charge on any atom is 0.320 e. The number of aromatic nitrogens is 1. The second-order valence-electron chi connectivity index (χ2n) is 9.70. The molecule has 0 amide bonds. The molecular formula is C27H39N5O3. The number of carbonyl (C=O) groups is 2. The van der Waals surface area contributed by atoms with Crippen molar-refractivity contribution in [3.8, 4) is 0 Å². The van der Waals surface area contributed by atoms with Gasteiger partial charge in [0.05, 0.1) is 25.2 Å². The van der Waals surface area contributed by atoms with Crippen LogP contribution in [-0.2, 0) is 27.3 Å². The van der Waals surface area contributed by atoms with Crippen molar-refractivity contribution in [1.82, 2.24) is 14.4 Å². The number of benzene rings is 1. The van der Waals surface area contributed by atoms with Gasteiger partial charge in [0, 0.05) is 36.3 Å². The normalized spacial score (nSPS) is 21.4. The van der Waals surface area contributed by atoms with Gasteiger partial charge in [0.1, 0.15) is 5.84 Å². The largest absolute Gasteiger partial charge is 0.465 e. The minimum atomic E-state index is -0.240. The molecule has 3 heterocycles. The number of ether oxygens (including phenoxy) is 1. The number of nitrogens with two attached hydrogens (primary N) is 1. The fourth-order valence-electron chi connectivity index (χ4n) is 5.83. The van der Waals surface area contributed by atoms with Gasteiger partial charge in [0.25, 0.3) is 0 Å². The van der Waals surface area contributed by atoms with E-state index in [-0.39, 0.29) is 36.2 Å². The number of Topliss-reactive ketones (excluding diaryl/α,β-unsaturated/α-hetero) is 1. The number of nitrogen functional groups attached to an aromatic ring is 1. The molecule has 2 fully saturated rings. The maximum atomic E-state index is 13.7. The third-order valence-electron chi connectivity index (χ3n) is 7.54. The molecule has 2 aromatic rings. The molecule has 0 aliphatic carbocycles. The van der Waals surface area contributed by atoms with Crippen LogP contribution in [0.3, 0.4) is 0 Å². The van der Waals surface area contributed by atoms with Crippen LogP contribution >= 0.6 is 0 Å². The zero-order valence-electron chi connectivity index (χ0n) is 21.1. The van der Waals surface area contributed by atoms with Gasteiger partial charge < -0.3 is 15.0 Å². The average molecular weight is 482 g/mol. The van der Waals surface area contributed by atoms with Gasteiger partial charge in [-0.2, -0.15) is 0 Å². The monoisotopic (exact) mass is 481 g/mol. The quantitative estimate of drug-likeness (QED) is 0.307. The second kappa shape index (κ2) is 11.4. The molecule has 0 bridgehead atoms. The molecule has 8 heteroatoms. The number of aryl methyl sites for hydroxylation is 1. The summed E-state index contributed by atoms with van der Waals surface area (Å²) in [7, 11) is 0. The van der Waals surface area contributed by atoms with Crippen molar-refractivity contribution < 1.29 is 14.3 Å². The summed E-state index contributed by atoms with van der Waals surface area (Å²) in [5.41, 5.74) is 8.78. The maximum absolute atomic E-state index is 13.7. The number of hydrogen-bond acceptors (Lipinski definition) is 6. The molecule has 2 aliphatic rings. The van der Waals surface area contributed by atoms with Crippen LogP contribution in [0.15, 0.2) is 24.3 Å². The van der Waals surface area contributed by atoms with E-state index in [4.69, 9.17) is 15.9 Å². The number of nitrogens with one attached hydrogen (secondary N) is 1. The Bertz CT molecular complexity index is 1080. The Kier molecular flexibility index (Phi) is 8.23. The standard InChI is InChI=1S/C27H39N5O3/c1-3-32-21(16-19-10-11-20(27(28)29)17-24(19)32)12-15-30-14-7-9-22(30)26(34)23-8-5-6-13-31(23)18-25(33)35-4-2/h10-11,16-17,22-23H,3-9,12-15,18H2,1-2H3,(H3,28,29)/t22-,23?/m0/s1. The Hall–Kier alpha value is -2.71. The zero-order chi connectivity index (χ0) is 24.9. The van der Waals surface area contributed by atoms with E-state index in [0.29, 0.717) is 6.61 Å². The molecule has 0 spiro atoms. The molecule has 35 heavy (non-hydrogen) atoms. The summed E-state index contributed by atoms with van der Waals surface area (Å²) in [5.74, 6) is 0.111. The van der Waals surface area contributed by atoms with Gasteiger partial charge in [0.2, 0.25) is 0 Å². The van der Waals surface area contributed by atoms with Crippen molar-refractivity contribution in [2.45, 2.75) is 71.0 Å². The van der Waals surface area contributed by atoms with Gasteiger partial charge in [-0.25, -0.2) is 0 Å². The van der Waals surface area contributed by atoms with Crippen LogP contribution in [0, 0.1) is 5.41 Å². The third kappa shape index (κ3) is 5.59. The molecule has 8 nitrogen and oxygen atoms in total. The van der Waals surface area contributed by atoms with Crippen LogP contribution in [0.1, 0.15) is 57.2 Å². The fourth-order valence-corrected chi connectivity index (χ4v) is 5.83. The SMILES string of the molecule is CCOC(=O)CN1CCCCC1C(=O)[C@@H]1CCCN1CCc1cc2ccc(C(=N)N)cc2n1CC. The highest BCUT2D eigenvalue weighted by Crippen LogP contribution is 2.27. The molecule has 1 aromatic heterocycles. The van der Waals surface area contributed by atoms with Crippen molar-refractivity contribution in [2.75, 3.05) is 32.8 Å². The van der Waals surface area contributed by atoms with E-state index in [1.54, 1.807) is 0 Å². The summed E-state index contributed by atoms with van der Waals surface area (Å²) < 4.78 is 7.44. The molecule has 2 saturated heterocycles. The lowest BCUT2D eigenvalue weighted by Crippen LogP contribution is -2.53. The fraction of sp³-hybridized carbons (Fsp3) is 0.593. The molecule has 190 valence electrons. The first-order chi connectivity index (χ1) is 16.9. The minimum Gasteiger partial charge on any atom is -0.465 e. The number of carbonyl (C=O) groups excluding carboxylic acids is 2. The summed E-state index contributed by atoms with van der Waals surface area (Å²) in [4.78, 5) is 30.2. The summed E-state index contributed by atoms with van der Waals surface area (Å²) in [6, 6.07) is 7.88. The molecule has 3 N–H and O–H groups in total. The summed E-state index contributed by atoms with van der Waals surface area (Å²) in [6.07, 6.45) is 5.65. The first-order valence-corrected chi connectivity index (χ1v) is 13.1. The Labute approximate surface area is 207 Å². The van der Waals surface area contributed by atoms with Gasteiger partial charge in [-0.05, 0) is 70.1 Å². The number of rotatable bonds is 10. The second-order valence-corrected chi connectivity index (χ2v) is 9.70. The van der Waals surface area contributed by atoms with E-state index in [0.717, 1.165) is 81.2 Å². The van der Waals surface area contributed by atoms with E-state index >= 15 is 0 Å². The number of likely N-dealkylation sites (tertiary alicyclic amines) is 2. The molecule has 1 unspecified atom stereocenters. The summed E-state index contributed by atoms with van der Waals surface area (Å²) >= 11 is 0. The van der Waals surface area contributed by atoms with Crippen molar-refractivity contribution in [2.24, 2.45) is 5.73 Å². The van der Waals surface area contributed by atoms with Crippen molar-refractivity contribution >= 4 is 28.5 Å². The third-order valence-corrected chi connectivity index (χ3v) is 7.54. The Morgan fingerprint density at radius 2 is 1.80 bits per heavy atom. The minimum absolute atomic E-state index is 0.0773. The first kappa shape index (κ1) is 25.4. The van der Waals surface area contributed by atoms with Gasteiger partial charge in [0.15, 0.2) is 5.78 Å². The van der Waals surface area contributed by atoms with Crippen molar-refractivity contribution in [1.29, 1.82) is 5.41 Å². The van der Waals surface area contributed by atoms with E-state index in [2.05, 4.69) is 22.5 Å². The summed E-state index contributed by atoms with van der Waals surface area (Å²) in [5, 5.41) is 8.91. The summed E-state index contributed by atoms with van der Waals surface area (Å²) in [6.45, 7) is 7.90. The number of ketones is 1. The smallest absolute Gasteiger partial charge is 0.320 e. The lowest BCUT2D eigenvalue weighted by atomic mass is 9.93. The molecular weight excluding hydrogens is 442 g/mol. The predicted octanol–water partition coefficient (Wildman–Crippen LogP) is 2.94. The first-order valence-electron chi connectivity index (χ1n) is 13.1. The van der Waals surface area contributed by atoms with Crippen LogP contribution in [0.5, 0.6) is 0 Å². The molecule has 2 aliphatic heterocycles. The predicted molar refractivity (Wildman–Crippen MR) is 138 cm³/mol. The van der Waals surface area contributed by atoms with E-state index < -0.39 is 0 Å². The lowest BCUT2D eigenvalue weighted by molar-refractivity contribution is -0.146. The van der Waals surface area contributed by atoms with Crippen molar-refractivity contribution in [3.05, 3.63) is 35.5 Å². The lowest BCUT2D eigenvalue weighted by Gasteiger charge is -2.36. The number of nitrogens with zero attached hydrogens (tertiary/aromatic N) is 3. The number of hydrogen-bond donors (Lipinski definition) is 2. The van der Waals surface area contributed by atoms with Crippen molar-refractivity contribution in [3.63, 3.8) is 0 Å². The van der Waals surface area contributed by atoms with E-state index in [9.17, 15) is 9.59 Å². The van der Waals surface area contributed by atoms with Gasteiger partial charge in [-0.3, -0.25) is 24.8 Å².